The number of rotatable bonds is 6. The first-order valence-corrected chi connectivity index (χ1v) is 8.79. The predicted octanol–water partition coefficient (Wildman–Crippen LogP) is 2.97. The molecular weight excluding hydrogens is 336 g/mol. The number of nitrogens with zero attached hydrogens (tertiary/aromatic N) is 3. The number of hydrogen-bond donors (Lipinski definition) is 1. The molecule has 25 heavy (non-hydrogen) atoms. The van der Waals surface area contributed by atoms with Gasteiger partial charge in [0.05, 0.1) is 11.7 Å². The predicted molar refractivity (Wildman–Crippen MR) is 96.1 cm³/mol. The minimum atomic E-state index is -0.619. The van der Waals surface area contributed by atoms with Crippen LogP contribution < -0.4 is 5.32 Å². The molecule has 3 aromatic rings. The molecule has 6 nitrogen and oxygen atoms in total. The summed E-state index contributed by atoms with van der Waals surface area (Å²) in [7, 11) is 0. The van der Waals surface area contributed by atoms with Crippen molar-refractivity contribution in [3.05, 3.63) is 64.9 Å². The zero-order valence-corrected chi connectivity index (χ0v) is 14.7. The van der Waals surface area contributed by atoms with Gasteiger partial charge in [0.1, 0.15) is 0 Å². The normalized spacial score (nSPS) is 12.1. The molecule has 1 N–H and O–H groups in total. The number of carbonyl (C=O) groups is 2. The van der Waals surface area contributed by atoms with E-state index < -0.39 is 6.04 Å². The van der Waals surface area contributed by atoms with Crippen LogP contribution in [0.1, 0.15) is 34.0 Å². The van der Waals surface area contributed by atoms with E-state index in [4.69, 9.17) is 0 Å². The number of Topliss-reactive ketones (excluding diaryl/α,β-unsaturated/α-hetero) is 1. The van der Waals surface area contributed by atoms with Gasteiger partial charge in [-0.2, -0.15) is 5.10 Å². The summed E-state index contributed by atoms with van der Waals surface area (Å²) in [4.78, 5) is 29.3. The minimum absolute atomic E-state index is 0.0466. The van der Waals surface area contributed by atoms with Crippen LogP contribution in [0.25, 0.3) is 5.69 Å². The molecular formula is C18H18N4O2S. The molecule has 0 saturated carbocycles. The van der Waals surface area contributed by atoms with Gasteiger partial charge in [-0.3, -0.25) is 9.59 Å². The molecule has 0 aliphatic heterocycles. The van der Waals surface area contributed by atoms with Gasteiger partial charge in [-0.25, -0.2) is 9.67 Å². The van der Waals surface area contributed by atoms with Gasteiger partial charge in [0.15, 0.2) is 5.01 Å². The first kappa shape index (κ1) is 17.0. The highest BCUT2D eigenvalue weighted by molar-refractivity contribution is 7.11. The van der Waals surface area contributed by atoms with Crippen LogP contribution in [0.2, 0.25) is 0 Å². The van der Waals surface area contributed by atoms with E-state index in [1.54, 1.807) is 46.9 Å². The summed E-state index contributed by atoms with van der Waals surface area (Å²) in [5, 5.41) is 9.16. The summed E-state index contributed by atoms with van der Waals surface area (Å²) in [6.07, 6.45) is 5.07. The molecule has 0 spiro atoms. The Morgan fingerprint density at radius 2 is 2.04 bits per heavy atom. The van der Waals surface area contributed by atoms with Crippen molar-refractivity contribution in [3.8, 4) is 5.69 Å². The van der Waals surface area contributed by atoms with Crippen molar-refractivity contribution in [2.45, 2.75) is 19.9 Å². The molecule has 0 aliphatic carbocycles. The van der Waals surface area contributed by atoms with Crippen LogP contribution in [0.4, 0.5) is 0 Å². The van der Waals surface area contributed by atoms with Crippen LogP contribution in [0.3, 0.4) is 0 Å². The number of carbonyl (C=O) groups excluding carboxylic acids is 2. The Balaban J connectivity index is 1.80. The molecule has 3 rings (SSSR count). The zero-order valence-electron chi connectivity index (χ0n) is 13.9. The molecule has 2 aromatic heterocycles. The summed E-state index contributed by atoms with van der Waals surface area (Å²) >= 11 is 1.28. The van der Waals surface area contributed by atoms with Crippen LogP contribution in [-0.4, -0.2) is 32.5 Å². The highest BCUT2D eigenvalue weighted by Gasteiger charge is 2.27. The number of benzene rings is 1. The van der Waals surface area contributed by atoms with Crippen LogP contribution >= 0.6 is 11.3 Å². The number of amides is 1. The summed E-state index contributed by atoms with van der Waals surface area (Å²) < 4.78 is 1.68. The fraction of sp³-hybridized carbons (Fsp3) is 0.222. The van der Waals surface area contributed by atoms with Crippen molar-refractivity contribution in [2.24, 2.45) is 5.92 Å². The number of aromatic nitrogens is 3. The van der Waals surface area contributed by atoms with E-state index in [1.807, 2.05) is 26.0 Å². The van der Waals surface area contributed by atoms with E-state index in [9.17, 15) is 9.59 Å². The smallest absolute Gasteiger partial charge is 0.251 e. The third kappa shape index (κ3) is 3.83. The topological polar surface area (TPSA) is 76.9 Å². The van der Waals surface area contributed by atoms with Gasteiger partial charge in [0.2, 0.25) is 5.78 Å². The molecule has 0 radical (unpaired) electrons. The van der Waals surface area contributed by atoms with Crippen LogP contribution in [0.5, 0.6) is 0 Å². The highest BCUT2D eigenvalue weighted by atomic mass is 32.1. The Bertz CT molecular complexity index is 857. The van der Waals surface area contributed by atoms with E-state index in [-0.39, 0.29) is 17.6 Å². The van der Waals surface area contributed by atoms with Gasteiger partial charge in [0, 0.05) is 29.5 Å². The number of thiazole rings is 1. The zero-order chi connectivity index (χ0) is 17.8. The molecule has 0 fully saturated rings. The van der Waals surface area contributed by atoms with E-state index in [1.165, 1.54) is 11.3 Å². The molecule has 0 saturated heterocycles. The van der Waals surface area contributed by atoms with Gasteiger partial charge in [0.25, 0.3) is 5.91 Å². The van der Waals surface area contributed by atoms with E-state index in [2.05, 4.69) is 15.4 Å². The maximum Gasteiger partial charge on any atom is 0.251 e. The Kier molecular flexibility index (Phi) is 5.04. The third-order valence-electron chi connectivity index (χ3n) is 3.76. The van der Waals surface area contributed by atoms with Crippen LogP contribution in [0, 0.1) is 5.92 Å². The SMILES string of the molecule is CC(C)C(NC(=O)c1cccc(-n2cccn2)c1)C(=O)c1nccs1. The van der Waals surface area contributed by atoms with E-state index >= 15 is 0 Å². The molecule has 7 heteroatoms. The molecule has 0 bridgehead atoms. The van der Waals surface area contributed by atoms with Crippen molar-refractivity contribution in [2.75, 3.05) is 0 Å². The summed E-state index contributed by atoms with van der Waals surface area (Å²) in [5.74, 6) is -0.506. The number of ketones is 1. The largest absolute Gasteiger partial charge is 0.341 e. The lowest BCUT2D eigenvalue weighted by Crippen LogP contribution is -2.44. The van der Waals surface area contributed by atoms with Gasteiger partial charge >= 0.3 is 0 Å². The molecule has 1 atom stereocenters. The maximum absolute atomic E-state index is 12.6. The molecule has 1 aromatic carbocycles. The second-order valence-electron chi connectivity index (χ2n) is 5.90. The average Bonchev–Trinajstić information content (AvgIpc) is 3.32. The molecule has 1 amide bonds. The second-order valence-corrected chi connectivity index (χ2v) is 6.79. The average molecular weight is 354 g/mol. The monoisotopic (exact) mass is 354 g/mol. The lowest BCUT2D eigenvalue weighted by molar-refractivity contribution is 0.0831. The summed E-state index contributed by atoms with van der Waals surface area (Å²) in [5.41, 5.74) is 1.26. The lowest BCUT2D eigenvalue weighted by atomic mass is 9.99. The van der Waals surface area contributed by atoms with Crippen molar-refractivity contribution in [3.63, 3.8) is 0 Å². The minimum Gasteiger partial charge on any atom is -0.341 e. The number of nitrogens with one attached hydrogen (secondary N) is 1. The van der Waals surface area contributed by atoms with Crippen LogP contribution in [0.15, 0.2) is 54.3 Å². The number of hydrogen-bond acceptors (Lipinski definition) is 5. The van der Waals surface area contributed by atoms with Crippen molar-refractivity contribution in [1.82, 2.24) is 20.1 Å². The Labute approximate surface area is 149 Å². The molecule has 2 heterocycles. The third-order valence-corrected chi connectivity index (χ3v) is 4.54. The van der Waals surface area contributed by atoms with E-state index in [0.29, 0.717) is 10.6 Å². The summed E-state index contributed by atoms with van der Waals surface area (Å²) in [6.45, 7) is 3.80. The van der Waals surface area contributed by atoms with Crippen molar-refractivity contribution < 1.29 is 9.59 Å². The van der Waals surface area contributed by atoms with Gasteiger partial charge in [-0.15, -0.1) is 11.3 Å². The van der Waals surface area contributed by atoms with Gasteiger partial charge in [-0.05, 0) is 30.2 Å². The molecule has 128 valence electrons. The van der Waals surface area contributed by atoms with Crippen LogP contribution in [-0.2, 0) is 0 Å². The van der Waals surface area contributed by atoms with E-state index in [0.717, 1.165) is 5.69 Å². The van der Waals surface area contributed by atoms with Gasteiger partial charge < -0.3 is 5.32 Å². The second kappa shape index (κ2) is 7.40. The standard InChI is InChI=1S/C18H18N4O2S/c1-12(2)15(16(23)18-19-8-10-25-18)21-17(24)13-5-3-6-14(11-13)22-9-4-7-20-22/h3-12,15H,1-2H3,(H,21,24). The first-order valence-electron chi connectivity index (χ1n) is 7.91. The maximum atomic E-state index is 12.6. The molecule has 0 aliphatic rings. The van der Waals surface area contributed by atoms with Crippen molar-refractivity contribution in [1.29, 1.82) is 0 Å². The first-order chi connectivity index (χ1) is 12.1. The highest BCUT2D eigenvalue weighted by Crippen LogP contribution is 2.15. The quantitative estimate of drug-likeness (QED) is 0.691. The Morgan fingerprint density at radius 3 is 2.68 bits per heavy atom. The molecule has 1 unspecified atom stereocenters. The fourth-order valence-electron chi connectivity index (χ4n) is 2.45. The van der Waals surface area contributed by atoms with Gasteiger partial charge in [-0.1, -0.05) is 19.9 Å². The fourth-order valence-corrected chi connectivity index (χ4v) is 3.06. The van der Waals surface area contributed by atoms with Crippen molar-refractivity contribution >= 4 is 23.0 Å². The summed E-state index contributed by atoms with van der Waals surface area (Å²) in [6, 6.07) is 8.31. The lowest BCUT2D eigenvalue weighted by Gasteiger charge is -2.20. The Morgan fingerprint density at radius 1 is 1.20 bits per heavy atom. The Hall–Kier alpha value is -2.80.